The van der Waals surface area contributed by atoms with Crippen molar-refractivity contribution in [3.63, 3.8) is 0 Å². The highest BCUT2D eigenvalue weighted by molar-refractivity contribution is 6.42. The Kier molecular flexibility index (Phi) is 6.11. The molecule has 0 aliphatic rings. The number of carbonyl (C=O) groups is 1. The zero-order valence-electron chi connectivity index (χ0n) is 11.4. The fourth-order valence-electron chi connectivity index (χ4n) is 1.62. The van der Waals surface area contributed by atoms with Crippen molar-refractivity contribution in [2.24, 2.45) is 0 Å². The summed E-state index contributed by atoms with van der Waals surface area (Å²) >= 11 is 11.9. The Labute approximate surface area is 124 Å². The van der Waals surface area contributed by atoms with Gasteiger partial charge in [0.25, 0.3) is 0 Å². The minimum atomic E-state index is -0.211. The maximum atomic E-state index is 11.6. The molecular formula is C14H19Cl2NO2. The zero-order valence-corrected chi connectivity index (χ0v) is 12.9. The van der Waals surface area contributed by atoms with E-state index >= 15 is 0 Å². The van der Waals surface area contributed by atoms with Gasteiger partial charge in [0.2, 0.25) is 5.91 Å². The number of halogens is 2. The third kappa shape index (κ3) is 5.01. The van der Waals surface area contributed by atoms with Crippen molar-refractivity contribution in [1.29, 1.82) is 0 Å². The van der Waals surface area contributed by atoms with Crippen LogP contribution in [-0.2, 0) is 14.9 Å². The van der Waals surface area contributed by atoms with Crippen LogP contribution in [0.3, 0.4) is 0 Å². The molecule has 0 spiro atoms. The highest BCUT2D eigenvalue weighted by Gasteiger charge is 2.22. The number of hydrogen-bond acceptors (Lipinski definition) is 2. The molecule has 19 heavy (non-hydrogen) atoms. The minimum absolute atomic E-state index is 0.0185. The first-order valence-corrected chi connectivity index (χ1v) is 6.83. The van der Waals surface area contributed by atoms with E-state index in [1.54, 1.807) is 13.2 Å². The molecule has 0 aromatic heterocycles. The number of benzene rings is 1. The van der Waals surface area contributed by atoms with Gasteiger partial charge in [-0.3, -0.25) is 4.79 Å². The third-order valence-corrected chi connectivity index (χ3v) is 3.70. The van der Waals surface area contributed by atoms with Gasteiger partial charge in [0.05, 0.1) is 16.7 Å². The highest BCUT2D eigenvalue weighted by atomic mass is 35.5. The summed E-state index contributed by atoms with van der Waals surface area (Å²) in [4.78, 5) is 11.6. The molecule has 0 bridgehead atoms. The third-order valence-electron chi connectivity index (χ3n) is 2.96. The van der Waals surface area contributed by atoms with Crippen LogP contribution in [0.5, 0.6) is 0 Å². The van der Waals surface area contributed by atoms with Crippen molar-refractivity contribution in [2.45, 2.75) is 25.7 Å². The van der Waals surface area contributed by atoms with Gasteiger partial charge < -0.3 is 10.1 Å². The van der Waals surface area contributed by atoms with E-state index in [1.165, 1.54) is 0 Å². The number of carbonyl (C=O) groups excluding carboxylic acids is 1. The predicted octanol–water partition coefficient (Wildman–Crippen LogP) is 3.42. The number of rotatable bonds is 6. The Balaban J connectivity index is 2.64. The topological polar surface area (TPSA) is 38.3 Å². The average molecular weight is 304 g/mol. The maximum absolute atomic E-state index is 11.6. The molecule has 1 aromatic carbocycles. The average Bonchev–Trinajstić information content (AvgIpc) is 2.37. The van der Waals surface area contributed by atoms with E-state index in [9.17, 15) is 4.79 Å². The lowest BCUT2D eigenvalue weighted by Crippen LogP contribution is -2.37. The molecular weight excluding hydrogens is 285 g/mol. The monoisotopic (exact) mass is 303 g/mol. The lowest BCUT2D eigenvalue weighted by atomic mass is 9.84. The largest absolute Gasteiger partial charge is 0.384 e. The first-order valence-electron chi connectivity index (χ1n) is 6.08. The highest BCUT2D eigenvalue weighted by Crippen LogP contribution is 2.29. The van der Waals surface area contributed by atoms with Gasteiger partial charge in [0.1, 0.15) is 0 Å². The molecule has 0 atom stereocenters. The lowest BCUT2D eigenvalue weighted by Gasteiger charge is -2.26. The van der Waals surface area contributed by atoms with Crippen molar-refractivity contribution in [1.82, 2.24) is 5.32 Å². The second-order valence-corrected chi connectivity index (χ2v) is 5.85. The lowest BCUT2D eigenvalue weighted by molar-refractivity contribution is -0.122. The van der Waals surface area contributed by atoms with Crippen LogP contribution >= 0.6 is 23.2 Å². The van der Waals surface area contributed by atoms with Crippen LogP contribution in [0.15, 0.2) is 18.2 Å². The van der Waals surface area contributed by atoms with Crippen molar-refractivity contribution in [2.75, 3.05) is 20.3 Å². The van der Waals surface area contributed by atoms with E-state index in [1.807, 2.05) is 26.0 Å². The molecule has 0 unspecified atom stereocenters. The van der Waals surface area contributed by atoms with E-state index in [0.717, 1.165) is 5.56 Å². The van der Waals surface area contributed by atoms with Crippen LogP contribution in [0.1, 0.15) is 25.8 Å². The van der Waals surface area contributed by atoms with E-state index in [4.69, 9.17) is 27.9 Å². The Bertz CT molecular complexity index is 447. The van der Waals surface area contributed by atoms with Crippen molar-refractivity contribution in [3.05, 3.63) is 33.8 Å². The molecule has 0 saturated heterocycles. The number of amides is 1. The van der Waals surface area contributed by atoms with E-state index in [0.29, 0.717) is 29.6 Å². The summed E-state index contributed by atoms with van der Waals surface area (Å²) in [6, 6.07) is 5.54. The standard InChI is InChI=1S/C14H19Cl2NO2/c1-14(2,9-17-13(18)6-7-19-3)10-4-5-11(15)12(16)8-10/h4-5,8H,6-7,9H2,1-3H3,(H,17,18). The molecule has 1 aromatic rings. The second kappa shape index (κ2) is 7.13. The Hall–Kier alpha value is -0.770. The molecule has 3 nitrogen and oxygen atoms in total. The van der Waals surface area contributed by atoms with E-state index in [2.05, 4.69) is 5.32 Å². The normalized spacial score (nSPS) is 11.4. The van der Waals surface area contributed by atoms with Crippen molar-refractivity contribution in [3.8, 4) is 0 Å². The van der Waals surface area contributed by atoms with Crippen molar-refractivity contribution < 1.29 is 9.53 Å². The van der Waals surface area contributed by atoms with E-state index < -0.39 is 0 Å². The Morgan fingerprint density at radius 3 is 2.58 bits per heavy atom. The SMILES string of the molecule is COCCC(=O)NCC(C)(C)c1ccc(Cl)c(Cl)c1. The van der Waals surface area contributed by atoms with Crippen LogP contribution in [-0.4, -0.2) is 26.2 Å². The molecule has 0 fully saturated rings. The molecule has 106 valence electrons. The molecule has 0 aliphatic carbocycles. The summed E-state index contributed by atoms with van der Waals surface area (Å²) in [5.74, 6) is -0.0185. The number of nitrogens with one attached hydrogen (secondary N) is 1. The summed E-state index contributed by atoms with van der Waals surface area (Å²) in [7, 11) is 1.58. The maximum Gasteiger partial charge on any atom is 0.222 e. The Morgan fingerprint density at radius 2 is 2.00 bits per heavy atom. The molecule has 0 aliphatic heterocycles. The number of methoxy groups -OCH3 is 1. The molecule has 0 saturated carbocycles. The van der Waals surface area contributed by atoms with Gasteiger partial charge in [0.15, 0.2) is 0 Å². The van der Waals surface area contributed by atoms with Crippen LogP contribution in [0, 0.1) is 0 Å². The summed E-state index contributed by atoms with van der Waals surface area (Å²) in [6.07, 6.45) is 0.369. The van der Waals surface area contributed by atoms with Gasteiger partial charge in [0, 0.05) is 25.5 Å². The van der Waals surface area contributed by atoms with Crippen molar-refractivity contribution >= 4 is 29.1 Å². The molecule has 5 heteroatoms. The van der Waals surface area contributed by atoms with Gasteiger partial charge in [-0.2, -0.15) is 0 Å². The van der Waals surface area contributed by atoms with E-state index in [-0.39, 0.29) is 11.3 Å². The summed E-state index contributed by atoms with van der Waals surface area (Å²) in [5, 5.41) is 3.95. The fourth-order valence-corrected chi connectivity index (χ4v) is 1.92. The van der Waals surface area contributed by atoms with Crippen LogP contribution in [0.25, 0.3) is 0 Å². The molecule has 1 amide bonds. The van der Waals surface area contributed by atoms with Crippen LogP contribution in [0.2, 0.25) is 10.0 Å². The fraction of sp³-hybridized carbons (Fsp3) is 0.500. The molecule has 0 radical (unpaired) electrons. The minimum Gasteiger partial charge on any atom is -0.384 e. The molecule has 0 heterocycles. The quantitative estimate of drug-likeness (QED) is 0.874. The van der Waals surface area contributed by atoms with Gasteiger partial charge in [-0.05, 0) is 17.7 Å². The first kappa shape index (κ1) is 16.3. The van der Waals surface area contributed by atoms with Gasteiger partial charge >= 0.3 is 0 Å². The van der Waals surface area contributed by atoms with Crippen LogP contribution < -0.4 is 5.32 Å². The van der Waals surface area contributed by atoms with Gasteiger partial charge in [-0.1, -0.05) is 43.1 Å². The van der Waals surface area contributed by atoms with Gasteiger partial charge in [-0.15, -0.1) is 0 Å². The summed E-state index contributed by atoms with van der Waals surface area (Å²) in [5.41, 5.74) is 0.825. The second-order valence-electron chi connectivity index (χ2n) is 5.03. The van der Waals surface area contributed by atoms with Gasteiger partial charge in [-0.25, -0.2) is 0 Å². The zero-order chi connectivity index (χ0) is 14.5. The molecule has 1 rings (SSSR count). The smallest absolute Gasteiger partial charge is 0.222 e. The molecule has 1 N–H and O–H groups in total. The summed E-state index contributed by atoms with van der Waals surface area (Å²) < 4.78 is 4.87. The number of hydrogen-bond donors (Lipinski definition) is 1. The predicted molar refractivity (Wildman–Crippen MR) is 79.0 cm³/mol. The Morgan fingerprint density at radius 1 is 1.32 bits per heavy atom. The van der Waals surface area contributed by atoms with Crippen LogP contribution in [0.4, 0.5) is 0 Å². The number of ether oxygens (including phenoxy) is 1. The first-order chi connectivity index (χ1) is 8.86. The summed E-state index contributed by atoms with van der Waals surface area (Å²) in [6.45, 7) is 5.05.